The highest BCUT2D eigenvalue weighted by molar-refractivity contribution is 6.07. The third kappa shape index (κ3) is 1.63. The zero-order valence-electron chi connectivity index (χ0n) is 10.2. The van der Waals surface area contributed by atoms with Gasteiger partial charge in [0.1, 0.15) is 5.54 Å². The number of imide groups is 1. The Bertz CT molecular complexity index is 574. The summed E-state index contributed by atoms with van der Waals surface area (Å²) in [4.78, 5) is 23.3. The third-order valence-electron chi connectivity index (χ3n) is 3.31. The smallest absolute Gasteiger partial charge is 0.319 e. The van der Waals surface area contributed by atoms with Crippen LogP contribution in [0.5, 0.6) is 0 Å². The van der Waals surface area contributed by atoms with Crippen molar-refractivity contribution in [3.05, 3.63) is 34.9 Å². The van der Waals surface area contributed by atoms with Crippen LogP contribution in [-0.4, -0.2) is 11.9 Å². The molecule has 1 saturated heterocycles. The van der Waals surface area contributed by atoms with E-state index in [4.69, 9.17) is 5.26 Å². The van der Waals surface area contributed by atoms with E-state index in [2.05, 4.69) is 16.7 Å². The molecule has 1 aliphatic rings. The fourth-order valence-corrected chi connectivity index (χ4v) is 2.20. The Balaban J connectivity index is 2.53. The number of hydrogen-bond acceptors (Lipinski definition) is 3. The van der Waals surface area contributed by atoms with Crippen molar-refractivity contribution in [3.8, 4) is 6.07 Å². The molecular formula is C13H13N3O2. The normalized spacial score (nSPS) is 22.3. The Morgan fingerprint density at radius 1 is 1.39 bits per heavy atom. The van der Waals surface area contributed by atoms with Crippen LogP contribution in [0.1, 0.15) is 30.0 Å². The first-order valence-corrected chi connectivity index (χ1v) is 5.68. The number of carbonyl (C=O) groups excluding carboxylic acids is 2. The highest BCUT2D eigenvalue weighted by atomic mass is 16.2. The van der Waals surface area contributed by atoms with Crippen molar-refractivity contribution in [2.45, 2.75) is 25.8 Å². The lowest BCUT2D eigenvalue weighted by Gasteiger charge is -2.25. The highest BCUT2D eigenvalue weighted by Gasteiger charge is 2.46. The average molecular weight is 243 g/mol. The van der Waals surface area contributed by atoms with Crippen molar-refractivity contribution >= 4 is 11.9 Å². The maximum Gasteiger partial charge on any atom is 0.322 e. The quantitative estimate of drug-likeness (QED) is 0.768. The Morgan fingerprint density at radius 3 is 2.56 bits per heavy atom. The van der Waals surface area contributed by atoms with Gasteiger partial charge in [-0.1, -0.05) is 19.1 Å². The van der Waals surface area contributed by atoms with Crippen LogP contribution in [0.25, 0.3) is 0 Å². The summed E-state index contributed by atoms with van der Waals surface area (Å²) in [7, 11) is 0. The summed E-state index contributed by atoms with van der Waals surface area (Å²) in [6.45, 7) is 3.64. The molecule has 5 heteroatoms. The van der Waals surface area contributed by atoms with Crippen molar-refractivity contribution in [2.75, 3.05) is 0 Å². The average Bonchev–Trinajstić information content (AvgIpc) is 2.64. The van der Waals surface area contributed by atoms with E-state index < -0.39 is 11.6 Å². The number of nitrogens with one attached hydrogen (secondary N) is 2. The first-order valence-electron chi connectivity index (χ1n) is 5.68. The number of benzene rings is 1. The lowest BCUT2D eigenvalue weighted by atomic mass is 9.86. The van der Waals surface area contributed by atoms with Gasteiger partial charge in [0.25, 0.3) is 5.91 Å². The molecule has 18 heavy (non-hydrogen) atoms. The predicted molar refractivity (Wildman–Crippen MR) is 64.5 cm³/mol. The van der Waals surface area contributed by atoms with Crippen LogP contribution < -0.4 is 10.6 Å². The molecule has 92 valence electrons. The standard InChI is InChI=1S/C13H13N3O2/c1-3-13(11(17)15-12(18)16-13)10-5-4-9(7-14)8(2)6-10/h4-6H,3H2,1-2H3,(H2,15,16,17,18). The number of hydrogen-bond donors (Lipinski definition) is 2. The van der Waals surface area contributed by atoms with Crippen molar-refractivity contribution in [1.29, 1.82) is 5.26 Å². The Labute approximate surface area is 105 Å². The molecule has 1 heterocycles. The lowest BCUT2D eigenvalue weighted by molar-refractivity contribution is -0.124. The molecule has 1 aromatic rings. The zero-order chi connectivity index (χ0) is 13.3. The van der Waals surface area contributed by atoms with E-state index in [-0.39, 0.29) is 5.91 Å². The second-order valence-corrected chi connectivity index (χ2v) is 4.31. The minimum absolute atomic E-state index is 0.348. The summed E-state index contributed by atoms with van der Waals surface area (Å²) >= 11 is 0. The van der Waals surface area contributed by atoms with Crippen LogP contribution >= 0.6 is 0 Å². The summed E-state index contributed by atoms with van der Waals surface area (Å²) in [5, 5.41) is 13.8. The Morgan fingerprint density at radius 2 is 2.11 bits per heavy atom. The third-order valence-corrected chi connectivity index (χ3v) is 3.31. The van der Waals surface area contributed by atoms with E-state index >= 15 is 0 Å². The molecule has 2 N–H and O–H groups in total. The van der Waals surface area contributed by atoms with E-state index in [0.29, 0.717) is 17.5 Å². The van der Waals surface area contributed by atoms with E-state index in [0.717, 1.165) is 5.56 Å². The maximum atomic E-state index is 11.9. The summed E-state index contributed by atoms with van der Waals surface area (Å²) in [6, 6.07) is 6.74. The van der Waals surface area contributed by atoms with E-state index in [1.54, 1.807) is 25.1 Å². The van der Waals surface area contributed by atoms with Crippen LogP contribution in [0.15, 0.2) is 18.2 Å². The van der Waals surface area contributed by atoms with Crippen molar-refractivity contribution < 1.29 is 9.59 Å². The van der Waals surface area contributed by atoms with E-state index in [9.17, 15) is 9.59 Å². The van der Waals surface area contributed by atoms with Gasteiger partial charge in [-0.15, -0.1) is 0 Å². The van der Waals surface area contributed by atoms with Gasteiger partial charge in [-0.3, -0.25) is 10.1 Å². The molecule has 3 amide bonds. The molecular weight excluding hydrogens is 230 g/mol. The molecule has 0 spiro atoms. The first-order chi connectivity index (χ1) is 8.53. The van der Waals surface area contributed by atoms with Gasteiger partial charge >= 0.3 is 6.03 Å². The van der Waals surface area contributed by atoms with Crippen LogP contribution in [0, 0.1) is 18.3 Å². The van der Waals surface area contributed by atoms with Gasteiger partial charge < -0.3 is 5.32 Å². The fraction of sp³-hybridized carbons (Fsp3) is 0.308. The number of aryl methyl sites for hydroxylation is 1. The summed E-state index contributed by atoms with van der Waals surface area (Å²) in [5.74, 6) is -0.348. The van der Waals surface area contributed by atoms with Gasteiger partial charge in [-0.05, 0) is 30.5 Å². The van der Waals surface area contributed by atoms with Gasteiger partial charge in [0.2, 0.25) is 0 Å². The van der Waals surface area contributed by atoms with Crippen LogP contribution in [0.2, 0.25) is 0 Å². The van der Waals surface area contributed by atoms with Gasteiger partial charge in [0.15, 0.2) is 0 Å². The maximum absolute atomic E-state index is 11.9. The SMILES string of the molecule is CCC1(c2ccc(C#N)c(C)c2)NC(=O)NC1=O. The number of nitrogens with zero attached hydrogens (tertiary/aromatic N) is 1. The highest BCUT2D eigenvalue weighted by Crippen LogP contribution is 2.29. The zero-order valence-corrected chi connectivity index (χ0v) is 10.2. The fourth-order valence-electron chi connectivity index (χ4n) is 2.20. The second-order valence-electron chi connectivity index (χ2n) is 4.31. The molecule has 2 rings (SSSR count). The van der Waals surface area contributed by atoms with Gasteiger partial charge in [-0.25, -0.2) is 4.79 Å². The van der Waals surface area contributed by atoms with Gasteiger partial charge in [0.05, 0.1) is 11.6 Å². The molecule has 1 unspecified atom stereocenters. The van der Waals surface area contributed by atoms with Gasteiger partial charge in [0, 0.05) is 0 Å². The first kappa shape index (κ1) is 12.1. The molecule has 0 aliphatic carbocycles. The predicted octanol–water partition coefficient (Wildman–Crippen LogP) is 1.31. The summed E-state index contributed by atoms with van der Waals surface area (Å²) < 4.78 is 0. The molecule has 0 radical (unpaired) electrons. The molecule has 1 fully saturated rings. The molecule has 1 aromatic carbocycles. The molecule has 0 saturated carbocycles. The molecule has 1 aliphatic heterocycles. The lowest BCUT2D eigenvalue weighted by Crippen LogP contribution is -2.43. The monoisotopic (exact) mass is 243 g/mol. The molecule has 0 aromatic heterocycles. The number of nitriles is 1. The topological polar surface area (TPSA) is 82.0 Å². The molecule has 0 bridgehead atoms. The van der Waals surface area contributed by atoms with E-state index in [1.165, 1.54) is 0 Å². The van der Waals surface area contributed by atoms with Crippen LogP contribution in [0.3, 0.4) is 0 Å². The summed E-state index contributed by atoms with van der Waals surface area (Å²) in [6.07, 6.45) is 0.454. The Kier molecular flexibility index (Phi) is 2.79. The van der Waals surface area contributed by atoms with E-state index in [1.807, 2.05) is 6.92 Å². The molecule has 5 nitrogen and oxygen atoms in total. The number of rotatable bonds is 2. The Hall–Kier alpha value is -2.35. The number of urea groups is 1. The number of carbonyl (C=O) groups is 2. The van der Waals surface area contributed by atoms with Crippen LogP contribution in [0.4, 0.5) is 4.79 Å². The van der Waals surface area contributed by atoms with Crippen LogP contribution in [-0.2, 0) is 10.3 Å². The minimum atomic E-state index is -1.02. The summed E-state index contributed by atoms with van der Waals surface area (Å²) in [5.41, 5.74) is 1.03. The van der Waals surface area contributed by atoms with Crippen molar-refractivity contribution in [2.24, 2.45) is 0 Å². The molecule has 1 atom stereocenters. The number of amides is 3. The van der Waals surface area contributed by atoms with Crippen molar-refractivity contribution in [1.82, 2.24) is 10.6 Å². The largest absolute Gasteiger partial charge is 0.322 e. The minimum Gasteiger partial charge on any atom is -0.319 e. The van der Waals surface area contributed by atoms with Gasteiger partial charge in [-0.2, -0.15) is 5.26 Å². The van der Waals surface area contributed by atoms with Crippen molar-refractivity contribution in [3.63, 3.8) is 0 Å². The second kappa shape index (κ2) is 4.15.